The first-order valence-electron chi connectivity index (χ1n) is 14.0. The van der Waals surface area contributed by atoms with Crippen molar-refractivity contribution >= 4 is 27.5 Å². The zero-order valence-corrected chi connectivity index (χ0v) is 23.7. The third-order valence-corrected chi connectivity index (χ3v) is 9.50. The van der Waals surface area contributed by atoms with E-state index < -0.39 is 16.1 Å². The predicted molar refractivity (Wildman–Crippen MR) is 158 cm³/mol. The van der Waals surface area contributed by atoms with Crippen LogP contribution in [0.4, 0.5) is 5.69 Å². The molecule has 210 valence electrons. The zero-order chi connectivity index (χ0) is 28.2. The van der Waals surface area contributed by atoms with Crippen molar-refractivity contribution in [3.63, 3.8) is 0 Å². The van der Waals surface area contributed by atoms with E-state index in [0.717, 1.165) is 41.6 Å². The summed E-state index contributed by atoms with van der Waals surface area (Å²) in [6.07, 6.45) is 5.12. The third-order valence-electron chi connectivity index (χ3n) is 8.38. The number of nitrogens with zero attached hydrogens (tertiary/aromatic N) is 1. The largest absolute Gasteiger partial charge is 0.354 e. The molecule has 3 aromatic carbocycles. The Morgan fingerprint density at radius 1 is 0.900 bits per heavy atom. The SMILES string of the molecule is CS(=O)(=O)N1CC2(CCC(C(=O)N[C@@H](Cc3ccccc3)C(=O)NCCc3ccccc3)CC2)c2ccccc21. The maximum absolute atomic E-state index is 13.5. The molecule has 0 saturated heterocycles. The molecule has 2 amide bonds. The summed E-state index contributed by atoms with van der Waals surface area (Å²) in [5.74, 6) is -0.519. The fraction of sp³-hybridized carbons (Fsp3) is 0.375. The number of hydrogen-bond acceptors (Lipinski definition) is 4. The quantitative estimate of drug-likeness (QED) is 0.415. The Bertz CT molecular complexity index is 1440. The summed E-state index contributed by atoms with van der Waals surface area (Å²) in [6, 6.07) is 26.8. The van der Waals surface area contributed by atoms with Gasteiger partial charge < -0.3 is 10.6 Å². The lowest BCUT2D eigenvalue weighted by atomic mass is 9.67. The van der Waals surface area contributed by atoms with Crippen molar-refractivity contribution in [3.05, 3.63) is 102 Å². The molecule has 1 aliphatic heterocycles. The van der Waals surface area contributed by atoms with Crippen molar-refractivity contribution in [1.82, 2.24) is 10.6 Å². The molecule has 1 spiro atoms. The van der Waals surface area contributed by atoms with E-state index in [4.69, 9.17) is 0 Å². The van der Waals surface area contributed by atoms with Gasteiger partial charge in [0.05, 0.1) is 11.9 Å². The number of benzene rings is 3. The van der Waals surface area contributed by atoms with E-state index in [1.165, 1.54) is 10.6 Å². The maximum atomic E-state index is 13.5. The standard InChI is InChI=1S/C32H37N3O4S/c1-40(38,39)35-23-32(27-14-8-9-15-29(27)35)19-16-26(17-20-32)30(36)34-28(22-25-12-6-3-7-13-25)31(37)33-21-18-24-10-4-2-5-11-24/h2-15,26,28H,16-23H2,1H3,(H,33,37)(H,34,36)/t26?,28-,32?/m0/s1. The molecule has 2 N–H and O–H groups in total. The molecule has 0 aromatic heterocycles. The zero-order valence-electron chi connectivity index (χ0n) is 22.9. The fourth-order valence-corrected chi connectivity index (χ4v) is 7.19. The van der Waals surface area contributed by atoms with Crippen LogP contribution in [0.5, 0.6) is 0 Å². The third kappa shape index (κ3) is 6.22. The molecule has 0 bridgehead atoms. The maximum Gasteiger partial charge on any atom is 0.242 e. The molecular formula is C32H37N3O4S. The number of amides is 2. The second-order valence-electron chi connectivity index (χ2n) is 11.1. The molecule has 1 fully saturated rings. The average Bonchev–Trinajstić information content (AvgIpc) is 3.28. The van der Waals surface area contributed by atoms with Crippen molar-refractivity contribution in [1.29, 1.82) is 0 Å². The highest BCUT2D eigenvalue weighted by Crippen LogP contribution is 2.50. The minimum Gasteiger partial charge on any atom is -0.354 e. The van der Waals surface area contributed by atoms with Gasteiger partial charge in [0.2, 0.25) is 21.8 Å². The summed E-state index contributed by atoms with van der Waals surface area (Å²) in [5, 5.41) is 6.07. The van der Waals surface area contributed by atoms with Crippen LogP contribution in [0.15, 0.2) is 84.9 Å². The van der Waals surface area contributed by atoms with Gasteiger partial charge in [-0.2, -0.15) is 0 Å². The highest BCUT2D eigenvalue weighted by Gasteiger charge is 2.48. The van der Waals surface area contributed by atoms with Crippen LogP contribution in [0.1, 0.15) is 42.4 Å². The van der Waals surface area contributed by atoms with Gasteiger partial charge in [-0.15, -0.1) is 0 Å². The monoisotopic (exact) mass is 559 g/mol. The van der Waals surface area contributed by atoms with Gasteiger partial charge in [0.25, 0.3) is 0 Å². The van der Waals surface area contributed by atoms with Crippen molar-refractivity contribution in [3.8, 4) is 0 Å². The van der Waals surface area contributed by atoms with Gasteiger partial charge in [-0.3, -0.25) is 13.9 Å². The lowest BCUT2D eigenvalue weighted by Crippen LogP contribution is -2.51. The molecule has 3 aromatic rings. The Morgan fingerprint density at radius 2 is 1.50 bits per heavy atom. The average molecular weight is 560 g/mol. The number of sulfonamides is 1. The molecule has 1 saturated carbocycles. The second-order valence-corrected chi connectivity index (χ2v) is 13.0. The molecule has 1 heterocycles. The number of rotatable bonds is 9. The van der Waals surface area contributed by atoms with Gasteiger partial charge in [0, 0.05) is 30.8 Å². The Balaban J connectivity index is 1.24. The predicted octanol–water partition coefficient (Wildman–Crippen LogP) is 3.98. The first kappa shape index (κ1) is 27.9. The van der Waals surface area contributed by atoms with Gasteiger partial charge in [0.15, 0.2) is 0 Å². The van der Waals surface area contributed by atoms with E-state index in [-0.39, 0.29) is 23.1 Å². The molecule has 1 aliphatic carbocycles. The molecular weight excluding hydrogens is 522 g/mol. The fourth-order valence-electron chi connectivity index (χ4n) is 6.19. The van der Waals surface area contributed by atoms with Crippen molar-refractivity contribution in [2.45, 2.75) is 50.0 Å². The second kappa shape index (κ2) is 11.8. The summed E-state index contributed by atoms with van der Waals surface area (Å²) in [6.45, 7) is 0.909. The minimum atomic E-state index is -3.39. The van der Waals surface area contributed by atoms with E-state index in [1.54, 1.807) is 0 Å². The van der Waals surface area contributed by atoms with Crippen LogP contribution in [-0.2, 0) is 37.9 Å². The Morgan fingerprint density at radius 3 is 2.15 bits per heavy atom. The Labute approximate surface area is 237 Å². The smallest absolute Gasteiger partial charge is 0.242 e. The van der Waals surface area contributed by atoms with Crippen LogP contribution in [0, 0.1) is 5.92 Å². The van der Waals surface area contributed by atoms with E-state index in [1.807, 2.05) is 84.9 Å². The first-order chi connectivity index (χ1) is 19.2. The number of anilines is 1. The Hall–Kier alpha value is -3.65. The van der Waals surface area contributed by atoms with Gasteiger partial charge in [-0.1, -0.05) is 78.9 Å². The highest BCUT2D eigenvalue weighted by molar-refractivity contribution is 7.92. The van der Waals surface area contributed by atoms with Crippen molar-refractivity contribution in [2.24, 2.45) is 5.92 Å². The van der Waals surface area contributed by atoms with E-state index >= 15 is 0 Å². The molecule has 40 heavy (non-hydrogen) atoms. The van der Waals surface area contributed by atoms with Crippen LogP contribution in [0.25, 0.3) is 0 Å². The number of carbonyl (C=O) groups excluding carboxylic acids is 2. The summed E-state index contributed by atoms with van der Waals surface area (Å²) in [7, 11) is -3.39. The number of carbonyl (C=O) groups is 2. The van der Waals surface area contributed by atoms with Crippen molar-refractivity contribution in [2.75, 3.05) is 23.7 Å². The molecule has 8 heteroatoms. The van der Waals surface area contributed by atoms with Gasteiger partial charge in [-0.25, -0.2) is 8.42 Å². The van der Waals surface area contributed by atoms with Crippen LogP contribution in [0.2, 0.25) is 0 Å². The summed E-state index contributed by atoms with van der Waals surface area (Å²) >= 11 is 0. The number of fused-ring (bicyclic) bond motifs is 2. The topological polar surface area (TPSA) is 95.6 Å². The number of nitrogens with one attached hydrogen (secondary N) is 2. The van der Waals surface area contributed by atoms with E-state index in [2.05, 4.69) is 10.6 Å². The summed E-state index contributed by atoms with van der Waals surface area (Å²) in [4.78, 5) is 26.7. The molecule has 0 unspecified atom stereocenters. The van der Waals surface area contributed by atoms with E-state index in [9.17, 15) is 18.0 Å². The molecule has 1 atom stereocenters. The van der Waals surface area contributed by atoms with Gasteiger partial charge >= 0.3 is 0 Å². The van der Waals surface area contributed by atoms with Crippen molar-refractivity contribution < 1.29 is 18.0 Å². The van der Waals surface area contributed by atoms with Crippen LogP contribution < -0.4 is 14.9 Å². The minimum absolute atomic E-state index is 0.111. The molecule has 7 nitrogen and oxygen atoms in total. The van der Waals surface area contributed by atoms with Crippen LogP contribution in [-0.4, -0.2) is 45.6 Å². The molecule has 2 aliphatic rings. The molecule has 5 rings (SSSR count). The van der Waals surface area contributed by atoms with Gasteiger partial charge in [-0.05, 0) is 54.9 Å². The number of hydrogen-bond donors (Lipinski definition) is 2. The van der Waals surface area contributed by atoms with Crippen LogP contribution in [0.3, 0.4) is 0 Å². The first-order valence-corrected chi connectivity index (χ1v) is 15.8. The Kier molecular flexibility index (Phi) is 8.26. The highest BCUT2D eigenvalue weighted by atomic mass is 32.2. The van der Waals surface area contributed by atoms with E-state index in [0.29, 0.717) is 32.4 Å². The normalized spacial score (nSPS) is 21.0. The number of para-hydroxylation sites is 1. The lowest BCUT2D eigenvalue weighted by Gasteiger charge is -2.37. The van der Waals surface area contributed by atoms with Crippen LogP contribution >= 0.6 is 0 Å². The van der Waals surface area contributed by atoms with Gasteiger partial charge in [0.1, 0.15) is 6.04 Å². The summed E-state index contributed by atoms with van der Waals surface area (Å²) in [5.41, 5.74) is 3.65. The summed E-state index contributed by atoms with van der Waals surface area (Å²) < 4.78 is 26.5. The molecule has 0 radical (unpaired) electrons. The lowest BCUT2D eigenvalue weighted by molar-refractivity contribution is -0.132.